The first-order chi connectivity index (χ1) is 8.04. The normalized spacial score (nSPS) is 14.3. The van der Waals surface area contributed by atoms with E-state index in [4.69, 9.17) is 11.5 Å². The predicted octanol–water partition coefficient (Wildman–Crippen LogP) is 0.712. The number of carbonyl (C=O) groups excluding carboxylic acids is 1. The number of carbonyl (C=O) groups is 1. The maximum atomic E-state index is 10.8. The van der Waals surface area contributed by atoms with Crippen molar-refractivity contribution >= 4 is 5.91 Å². The van der Waals surface area contributed by atoms with Gasteiger partial charge in [-0.25, -0.2) is 0 Å². The van der Waals surface area contributed by atoms with Crippen LogP contribution in [0.25, 0.3) is 0 Å². The van der Waals surface area contributed by atoms with Crippen LogP contribution in [0.5, 0.6) is 0 Å². The van der Waals surface area contributed by atoms with E-state index < -0.39 is 11.9 Å². The quantitative estimate of drug-likeness (QED) is 0.679. The maximum absolute atomic E-state index is 10.8. The molecular formula is C13H21N3O. The third-order valence-electron chi connectivity index (χ3n) is 2.90. The summed E-state index contributed by atoms with van der Waals surface area (Å²) in [5.74, 6) is -0.481. The van der Waals surface area contributed by atoms with Crippen LogP contribution in [0.1, 0.15) is 31.0 Å². The van der Waals surface area contributed by atoms with Crippen molar-refractivity contribution in [3.05, 3.63) is 35.4 Å². The molecule has 0 bridgehead atoms. The Morgan fingerprint density at radius 1 is 1.35 bits per heavy atom. The summed E-state index contributed by atoms with van der Waals surface area (Å²) in [4.78, 5) is 10.8. The zero-order valence-corrected chi connectivity index (χ0v) is 10.4. The van der Waals surface area contributed by atoms with Crippen LogP contribution in [0.4, 0.5) is 0 Å². The van der Waals surface area contributed by atoms with Crippen molar-refractivity contribution in [2.45, 2.75) is 32.4 Å². The predicted molar refractivity (Wildman–Crippen MR) is 69.4 cm³/mol. The Kier molecular flexibility index (Phi) is 5.12. The van der Waals surface area contributed by atoms with Gasteiger partial charge in [0.15, 0.2) is 0 Å². The molecule has 5 N–H and O–H groups in total. The highest BCUT2D eigenvalue weighted by Gasteiger charge is 2.11. The van der Waals surface area contributed by atoms with Gasteiger partial charge in [0.05, 0.1) is 6.04 Å². The van der Waals surface area contributed by atoms with E-state index in [0.29, 0.717) is 6.54 Å². The zero-order chi connectivity index (χ0) is 12.8. The molecule has 0 aliphatic rings. The van der Waals surface area contributed by atoms with Gasteiger partial charge in [0, 0.05) is 12.6 Å². The van der Waals surface area contributed by atoms with Gasteiger partial charge in [-0.2, -0.15) is 0 Å². The lowest BCUT2D eigenvalue weighted by Crippen LogP contribution is -2.44. The lowest BCUT2D eigenvalue weighted by atomic mass is 10.0. The Hall–Kier alpha value is -1.39. The van der Waals surface area contributed by atoms with E-state index in [1.54, 1.807) is 0 Å². The minimum absolute atomic E-state index is 0.159. The second-order valence-electron chi connectivity index (χ2n) is 4.23. The largest absolute Gasteiger partial charge is 0.368 e. The molecule has 94 valence electrons. The summed E-state index contributed by atoms with van der Waals surface area (Å²) in [6.45, 7) is 4.56. The Morgan fingerprint density at radius 3 is 2.41 bits per heavy atom. The Labute approximate surface area is 102 Å². The monoisotopic (exact) mass is 235 g/mol. The number of primary amides is 1. The number of aryl methyl sites for hydroxylation is 1. The molecule has 4 heteroatoms. The number of amides is 1. The number of nitrogens with one attached hydrogen (secondary N) is 1. The van der Waals surface area contributed by atoms with E-state index in [1.807, 2.05) is 6.92 Å². The fraction of sp³-hybridized carbons (Fsp3) is 0.462. The van der Waals surface area contributed by atoms with Gasteiger partial charge in [-0.05, 0) is 24.5 Å². The van der Waals surface area contributed by atoms with Gasteiger partial charge in [0.2, 0.25) is 5.91 Å². The van der Waals surface area contributed by atoms with Gasteiger partial charge in [-0.1, -0.05) is 31.2 Å². The van der Waals surface area contributed by atoms with Crippen LogP contribution in [0.2, 0.25) is 0 Å². The summed E-state index contributed by atoms with van der Waals surface area (Å²) >= 11 is 0. The van der Waals surface area contributed by atoms with Crippen LogP contribution in [-0.2, 0) is 11.2 Å². The van der Waals surface area contributed by atoms with E-state index in [2.05, 4.69) is 36.5 Å². The van der Waals surface area contributed by atoms with Gasteiger partial charge in [0.1, 0.15) is 0 Å². The molecule has 0 heterocycles. The molecule has 0 aliphatic carbocycles. The number of hydrogen-bond donors (Lipinski definition) is 3. The summed E-state index contributed by atoms with van der Waals surface area (Å²) < 4.78 is 0. The molecule has 0 saturated heterocycles. The zero-order valence-electron chi connectivity index (χ0n) is 10.4. The van der Waals surface area contributed by atoms with E-state index in [0.717, 1.165) is 6.42 Å². The molecule has 0 aromatic heterocycles. The summed E-state index contributed by atoms with van der Waals surface area (Å²) in [6, 6.07) is 7.93. The molecule has 0 spiro atoms. The Balaban J connectivity index is 2.51. The Bertz CT molecular complexity index is 361. The number of hydrogen-bond acceptors (Lipinski definition) is 3. The lowest BCUT2D eigenvalue weighted by Gasteiger charge is -2.16. The molecule has 2 unspecified atom stereocenters. The average Bonchev–Trinajstić information content (AvgIpc) is 2.35. The van der Waals surface area contributed by atoms with Crippen molar-refractivity contribution in [1.82, 2.24) is 5.32 Å². The highest BCUT2D eigenvalue weighted by molar-refractivity contribution is 5.79. The van der Waals surface area contributed by atoms with Crippen molar-refractivity contribution in [3.63, 3.8) is 0 Å². The summed E-state index contributed by atoms with van der Waals surface area (Å²) in [5.41, 5.74) is 13.1. The molecule has 0 aliphatic heterocycles. The maximum Gasteiger partial charge on any atom is 0.235 e. The smallest absolute Gasteiger partial charge is 0.235 e. The van der Waals surface area contributed by atoms with E-state index >= 15 is 0 Å². The Morgan fingerprint density at radius 2 is 1.94 bits per heavy atom. The van der Waals surface area contributed by atoms with Crippen LogP contribution in [0.3, 0.4) is 0 Å². The van der Waals surface area contributed by atoms with Crippen LogP contribution in [-0.4, -0.2) is 18.5 Å². The third-order valence-corrected chi connectivity index (χ3v) is 2.90. The van der Waals surface area contributed by atoms with Gasteiger partial charge >= 0.3 is 0 Å². The van der Waals surface area contributed by atoms with Gasteiger partial charge in [0.25, 0.3) is 0 Å². The highest BCUT2D eigenvalue weighted by Crippen LogP contribution is 2.13. The molecule has 1 aromatic rings. The molecule has 0 saturated carbocycles. The fourth-order valence-corrected chi connectivity index (χ4v) is 1.56. The molecule has 2 atom stereocenters. The van der Waals surface area contributed by atoms with E-state index in [1.165, 1.54) is 11.1 Å². The average molecular weight is 235 g/mol. The highest BCUT2D eigenvalue weighted by atomic mass is 16.1. The SMILES string of the molecule is CCc1ccc(C(C)NCC(N)C(N)=O)cc1. The molecule has 1 amide bonds. The van der Waals surface area contributed by atoms with E-state index in [-0.39, 0.29) is 6.04 Å². The van der Waals surface area contributed by atoms with Crippen molar-refractivity contribution in [2.24, 2.45) is 11.5 Å². The van der Waals surface area contributed by atoms with E-state index in [9.17, 15) is 4.79 Å². The molecule has 4 nitrogen and oxygen atoms in total. The number of rotatable bonds is 6. The third kappa shape index (κ3) is 4.17. The summed E-state index contributed by atoms with van der Waals surface area (Å²) in [7, 11) is 0. The molecule has 1 rings (SSSR count). The van der Waals surface area contributed by atoms with Crippen molar-refractivity contribution in [3.8, 4) is 0 Å². The topological polar surface area (TPSA) is 81.1 Å². The fourth-order valence-electron chi connectivity index (χ4n) is 1.56. The second kappa shape index (κ2) is 6.37. The summed E-state index contributed by atoms with van der Waals surface area (Å²) in [6.07, 6.45) is 1.04. The molecule has 0 fully saturated rings. The lowest BCUT2D eigenvalue weighted by molar-refractivity contribution is -0.119. The standard InChI is InChI=1S/C13H21N3O/c1-3-10-4-6-11(7-5-10)9(2)16-8-12(14)13(15)17/h4-7,9,12,16H,3,8,14H2,1-2H3,(H2,15,17). The van der Waals surface area contributed by atoms with Gasteiger partial charge < -0.3 is 16.8 Å². The number of benzene rings is 1. The van der Waals surface area contributed by atoms with Crippen molar-refractivity contribution in [1.29, 1.82) is 0 Å². The second-order valence-corrected chi connectivity index (χ2v) is 4.23. The van der Waals surface area contributed by atoms with Crippen LogP contribution in [0.15, 0.2) is 24.3 Å². The first-order valence-corrected chi connectivity index (χ1v) is 5.91. The molecule has 0 radical (unpaired) electrons. The summed E-state index contributed by atoms with van der Waals surface area (Å²) in [5, 5.41) is 3.19. The first-order valence-electron chi connectivity index (χ1n) is 5.91. The van der Waals surface area contributed by atoms with Crippen LogP contribution >= 0.6 is 0 Å². The van der Waals surface area contributed by atoms with Crippen molar-refractivity contribution < 1.29 is 4.79 Å². The van der Waals surface area contributed by atoms with Gasteiger partial charge in [-0.3, -0.25) is 4.79 Å². The molecular weight excluding hydrogens is 214 g/mol. The first kappa shape index (κ1) is 13.7. The minimum atomic E-state index is -0.632. The van der Waals surface area contributed by atoms with Crippen LogP contribution < -0.4 is 16.8 Å². The molecule has 17 heavy (non-hydrogen) atoms. The minimum Gasteiger partial charge on any atom is -0.368 e. The van der Waals surface area contributed by atoms with Crippen LogP contribution in [0, 0.1) is 0 Å². The number of nitrogens with two attached hydrogens (primary N) is 2. The van der Waals surface area contributed by atoms with Gasteiger partial charge in [-0.15, -0.1) is 0 Å². The molecule has 1 aromatic carbocycles. The van der Waals surface area contributed by atoms with Crippen molar-refractivity contribution in [2.75, 3.05) is 6.54 Å².